The van der Waals surface area contributed by atoms with Crippen molar-refractivity contribution in [3.05, 3.63) is 58.7 Å². The van der Waals surface area contributed by atoms with Crippen LogP contribution in [0.1, 0.15) is 75.6 Å². The van der Waals surface area contributed by atoms with Gasteiger partial charge < -0.3 is 0 Å². The van der Waals surface area contributed by atoms with E-state index >= 15 is 0 Å². The molecule has 110 valence electrons. The second-order valence-electron chi connectivity index (χ2n) is 7.47. The smallest absolute Gasteiger partial charge is 0.0161 e. The van der Waals surface area contributed by atoms with Gasteiger partial charge in [-0.2, -0.15) is 0 Å². The van der Waals surface area contributed by atoms with Crippen molar-refractivity contribution < 1.29 is 0 Å². The van der Waals surface area contributed by atoms with Gasteiger partial charge in [-0.1, -0.05) is 77.9 Å². The maximum absolute atomic E-state index is 2.38. The van der Waals surface area contributed by atoms with E-state index in [4.69, 9.17) is 0 Å². The molecule has 1 aliphatic rings. The molecule has 0 bridgehead atoms. The van der Waals surface area contributed by atoms with Gasteiger partial charge in [-0.3, -0.25) is 0 Å². The number of fused-ring (bicyclic) bond motifs is 3. The van der Waals surface area contributed by atoms with Crippen LogP contribution in [0.2, 0.25) is 0 Å². The highest BCUT2D eigenvalue weighted by Gasteiger charge is 2.39. The third kappa shape index (κ3) is 1.96. The van der Waals surface area contributed by atoms with Gasteiger partial charge in [-0.25, -0.2) is 0 Å². The van der Waals surface area contributed by atoms with Crippen LogP contribution in [0.4, 0.5) is 0 Å². The Morgan fingerprint density at radius 1 is 0.762 bits per heavy atom. The minimum atomic E-state index is 0.108. The minimum Gasteiger partial charge on any atom is -0.0619 e. The summed E-state index contributed by atoms with van der Waals surface area (Å²) in [7, 11) is 0. The molecule has 0 unspecified atom stereocenters. The highest BCUT2D eigenvalue weighted by Crippen LogP contribution is 2.53. The fraction of sp³-hybridized carbons (Fsp3) is 0.429. The van der Waals surface area contributed by atoms with Crippen LogP contribution in [0.15, 0.2) is 36.4 Å². The van der Waals surface area contributed by atoms with Crippen molar-refractivity contribution in [3.8, 4) is 11.1 Å². The Kier molecular flexibility index (Phi) is 3.24. The summed E-state index contributed by atoms with van der Waals surface area (Å²) in [4.78, 5) is 0. The van der Waals surface area contributed by atoms with Crippen LogP contribution in [0.25, 0.3) is 11.1 Å². The van der Waals surface area contributed by atoms with Gasteiger partial charge in [-0.05, 0) is 45.2 Å². The first-order chi connectivity index (χ1) is 9.85. The first-order valence-corrected chi connectivity index (χ1v) is 8.12. The summed E-state index contributed by atoms with van der Waals surface area (Å²) in [5.74, 6) is 1.12. The largest absolute Gasteiger partial charge is 0.0619 e. The minimum absolute atomic E-state index is 0.108. The summed E-state index contributed by atoms with van der Waals surface area (Å²) < 4.78 is 0. The Labute approximate surface area is 129 Å². The maximum atomic E-state index is 2.38. The quantitative estimate of drug-likeness (QED) is 0.610. The third-order valence-corrected chi connectivity index (χ3v) is 5.01. The van der Waals surface area contributed by atoms with Gasteiger partial charge in [0.15, 0.2) is 0 Å². The average molecular weight is 278 g/mol. The van der Waals surface area contributed by atoms with E-state index < -0.39 is 0 Å². The summed E-state index contributed by atoms with van der Waals surface area (Å²) >= 11 is 0. The molecule has 0 saturated carbocycles. The molecule has 0 spiro atoms. The monoisotopic (exact) mass is 278 g/mol. The summed E-state index contributed by atoms with van der Waals surface area (Å²) in [5, 5.41) is 0. The van der Waals surface area contributed by atoms with Gasteiger partial charge in [-0.15, -0.1) is 0 Å². The lowest BCUT2D eigenvalue weighted by molar-refractivity contribution is 0.641. The Hall–Kier alpha value is -1.56. The molecule has 0 aliphatic heterocycles. The van der Waals surface area contributed by atoms with E-state index in [0.717, 1.165) is 0 Å². The predicted molar refractivity (Wildman–Crippen MR) is 92.2 cm³/mol. The van der Waals surface area contributed by atoms with Crippen molar-refractivity contribution in [1.82, 2.24) is 0 Å². The molecular weight excluding hydrogens is 252 g/mol. The van der Waals surface area contributed by atoms with Gasteiger partial charge in [0.25, 0.3) is 0 Å². The number of hydrogen-bond acceptors (Lipinski definition) is 0. The molecule has 0 amide bonds. The molecule has 0 saturated heterocycles. The summed E-state index contributed by atoms with van der Waals surface area (Å²) in [6.45, 7) is 14.0. The van der Waals surface area contributed by atoms with Crippen molar-refractivity contribution in [1.29, 1.82) is 0 Å². The van der Waals surface area contributed by atoms with Crippen molar-refractivity contribution in [2.75, 3.05) is 0 Å². The third-order valence-electron chi connectivity index (χ3n) is 5.01. The molecule has 0 heteroatoms. The molecule has 1 aliphatic carbocycles. The molecule has 0 nitrogen and oxygen atoms in total. The molecule has 2 aromatic carbocycles. The second-order valence-corrected chi connectivity index (χ2v) is 7.47. The normalized spacial score (nSPS) is 15.4. The zero-order valence-electron chi connectivity index (χ0n) is 14.1. The van der Waals surface area contributed by atoms with Crippen molar-refractivity contribution >= 4 is 0 Å². The van der Waals surface area contributed by atoms with E-state index in [2.05, 4.69) is 77.9 Å². The van der Waals surface area contributed by atoms with Gasteiger partial charge in [0.1, 0.15) is 0 Å². The summed E-state index contributed by atoms with van der Waals surface area (Å²) in [6, 6.07) is 13.7. The molecule has 0 heterocycles. The Balaban J connectivity index is 2.44. The standard InChI is InChI=1S/C21H26/c1-13(2)15-11-12-16(14(3)4)20-19(15)17-9-7-8-10-18(17)21(20,5)6/h7-14H,1-6H3. The lowest BCUT2D eigenvalue weighted by Crippen LogP contribution is -2.18. The lowest BCUT2D eigenvalue weighted by atomic mass is 9.77. The van der Waals surface area contributed by atoms with Crippen LogP contribution in [0, 0.1) is 0 Å². The molecule has 0 radical (unpaired) electrons. The van der Waals surface area contributed by atoms with Crippen LogP contribution in [-0.2, 0) is 5.41 Å². The Morgan fingerprint density at radius 3 is 1.95 bits per heavy atom. The second kappa shape index (κ2) is 4.73. The van der Waals surface area contributed by atoms with E-state index in [-0.39, 0.29) is 5.41 Å². The Morgan fingerprint density at radius 2 is 1.33 bits per heavy atom. The van der Waals surface area contributed by atoms with Crippen molar-refractivity contribution in [2.45, 2.75) is 58.8 Å². The van der Waals surface area contributed by atoms with E-state index in [1.54, 1.807) is 5.56 Å². The first-order valence-electron chi connectivity index (χ1n) is 8.12. The SMILES string of the molecule is CC(C)c1ccc(C(C)C)c2c1-c1ccccc1C2(C)C. The molecular formula is C21H26. The fourth-order valence-corrected chi connectivity index (χ4v) is 3.94. The lowest BCUT2D eigenvalue weighted by Gasteiger charge is -2.27. The molecule has 0 fully saturated rings. The highest BCUT2D eigenvalue weighted by atomic mass is 14.4. The van der Waals surface area contributed by atoms with E-state index in [0.29, 0.717) is 11.8 Å². The molecule has 21 heavy (non-hydrogen) atoms. The van der Waals surface area contributed by atoms with Gasteiger partial charge in [0.05, 0.1) is 0 Å². The topological polar surface area (TPSA) is 0 Å². The van der Waals surface area contributed by atoms with Crippen LogP contribution in [-0.4, -0.2) is 0 Å². The summed E-state index contributed by atoms with van der Waals surface area (Å²) in [6.07, 6.45) is 0. The first kappa shape index (κ1) is 14.4. The molecule has 0 N–H and O–H groups in total. The Bertz CT molecular complexity index is 687. The van der Waals surface area contributed by atoms with Crippen LogP contribution < -0.4 is 0 Å². The van der Waals surface area contributed by atoms with Crippen LogP contribution in [0.5, 0.6) is 0 Å². The highest BCUT2D eigenvalue weighted by molar-refractivity contribution is 5.84. The van der Waals surface area contributed by atoms with Crippen LogP contribution in [0.3, 0.4) is 0 Å². The fourth-order valence-electron chi connectivity index (χ4n) is 3.94. The maximum Gasteiger partial charge on any atom is 0.0161 e. The average Bonchev–Trinajstić information content (AvgIpc) is 2.68. The van der Waals surface area contributed by atoms with Crippen molar-refractivity contribution in [3.63, 3.8) is 0 Å². The van der Waals surface area contributed by atoms with Gasteiger partial charge in [0.2, 0.25) is 0 Å². The van der Waals surface area contributed by atoms with Gasteiger partial charge >= 0.3 is 0 Å². The van der Waals surface area contributed by atoms with E-state index in [9.17, 15) is 0 Å². The molecule has 0 aromatic heterocycles. The van der Waals surface area contributed by atoms with Gasteiger partial charge in [0, 0.05) is 5.41 Å². The van der Waals surface area contributed by atoms with Crippen molar-refractivity contribution in [2.24, 2.45) is 0 Å². The zero-order valence-corrected chi connectivity index (χ0v) is 14.1. The number of rotatable bonds is 2. The molecule has 2 aromatic rings. The predicted octanol–water partition coefficient (Wildman–Crippen LogP) is 6.24. The number of hydrogen-bond donors (Lipinski definition) is 0. The van der Waals surface area contributed by atoms with E-state index in [1.807, 2.05) is 0 Å². The molecule has 3 rings (SSSR count). The number of benzene rings is 2. The molecule has 0 atom stereocenters. The van der Waals surface area contributed by atoms with E-state index in [1.165, 1.54) is 27.8 Å². The van der Waals surface area contributed by atoms with Crippen LogP contribution >= 0.6 is 0 Å². The zero-order chi connectivity index (χ0) is 15.4. The summed E-state index contributed by atoms with van der Waals surface area (Å²) in [5.41, 5.74) is 9.11.